The first-order chi connectivity index (χ1) is 7.41. The predicted octanol–water partition coefficient (Wildman–Crippen LogP) is 2.20. The van der Waals surface area contributed by atoms with E-state index >= 15 is 0 Å². The lowest BCUT2D eigenvalue weighted by Gasteiger charge is -2.21. The van der Waals surface area contributed by atoms with Crippen LogP contribution in [0.5, 0.6) is 5.75 Å². The van der Waals surface area contributed by atoms with Crippen LogP contribution in [0.15, 0.2) is 18.2 Å². The first kappa shape index (κ1) is 13.0. The average molecular weight is 224 g/mol. The number of aliphatic hydroxyl groups excluding tert-OH is 2. The minimum absolute atomic E-state index is 0.292. The summed E-state index contributed by atoms with van der Waals surface area (Å²) in [5.74, 6) is 0.642. The molecule has 0 radical (unpaired) electrons. The van der Waals surface area contributed by atoms with Gasteiger partial charge in [-0.25, -0.2) is 0 Å². The van der Waals surface area contributed by atoms with E-state index in [1.165, 1.54) is 0 Å². The Balaban J connectivity index is 2.96. The van der Waals surface area contributed by atoms with Gasteiger partial charge in [-0.3, -0.25) is 0 Å². The SMILES string of the molecule is Cc1ccc(C(C)O)c(OC(C)C(C)O)c1. The van der Waals surface area contributed by atoms with Crippen LogP contribution in [0, 0.1) is 6.92 Å². The van der Waals surface area contributed by atoms with E-state index in [4.69, 9.17) is 4.74 Å². The first-order valence-corrected chi connectivity index (χ1v) is 5.55. The number of aryl methyl sites for hydroxylation is 1. The molecule has 0 fully saturated rings. The molecule has 3 unspecified atom stereocenters. The molecule has 0 saturated carbocycles. The molecule has 0 aliphatic rings. The van der Waals surface area contributed by atoms with Crippen LogP contribution in [0.1, 0.15) is 38.0 Å². The molecule has 1 aromatic rings. The monoisotopic (exact) mass is 224 g/mol. The van der Waals surface area contributed by atoms with Crippen molar-refractivity contribution in [2.75, 3.05) is 0 Å². The van der Waals surface area contributed by atoms with Crippen LogP contribution >= 0.6 is 0 Å². The van der Waals surface area contributed by atoms with Gasteiger partial charge in [-0.05, 0) is 39.3 Å². The van der Waals surface area contributed by atoms with E-state index < -0.39 is 12.2 Å². The van der Waals surface area contributed by atoms with Crippen molar-refractivity contribution in [2.24, 2.45) is 0 Å². The smallest absolute Gasteiger partial charge is 0.125 e. The molecule has 3 atom stereocenters. The Morgan fingerprint density at radius 1 is 1.12 bits per heavy atom. The number of aliphatic hydroxyl groups is 2. The molecule has 0 amide bonds. The van der Waals surface area contributed by atoms with Gasteiger partial charge in [0.1, 0.15) is 11.9 Å². The van der Waals surface area contributed by atoms with E-state index in [9.17, 15) is 10.2 Å². The van der Waals surface area contributed by atoms with Crippen molar-refractivity contribution in [3.63, 3.8) is 0 Å². The van der Waals surface area contributed by atoms with Gasteiger partial charge in [0.2, 0.25) is 0 Å². The quantitative estimate of drug-likeness (QED) is 0.824. The van der Waals surface area contributed by atoms with Crippen LogP contribution in [0.2, 0.25) is 0 Å². The highest BCUT2D eigenvalue weighted by Gasteiger charge is 2.15. The van der Waals surface area contributed by atoms with Gasteiger partial charge in [-0.15, -0.1) is 0 Å². The lowest BCUT2D eigenvalue weighted by atomic mass is 10.1. The minimum Gasteiger partial charge on any atom is -0.488 e. The summed E-state index contributed by atoms with van der Waals surface area (Å²) in [6.07, 6.45) is -1.40. The molecule has 1 aromatic carbocycles. The van der Waals surface area contributed by atoms with Crippen molar-refractivity contribution in [3.8, 4) is 5.75 Å². The largest absolute Gasteiger partial charge is 0.488 e. The molecule has 3 heteroatoms. The van der Waals surface area contributed by atoms with Gasteiger partial charge in [0.05, 0.1) is 12.2 Å². The standard InChI is InChI=1S/C13H20O3/c1-8-5-6-12(10(3)15)13(7-8)16-11(4)9(2)14/h5-7,9-11,14-15H,1-4H3. The fraction of sp³-hybridized carbons (Fsp3) is 0.538. The van der Waals surface area contributed by atoms with Gasteiger partial charge in [0.25, 0.3) is 0 Å². The molecule has 3 nitrogen and oxygen atoms in total. The van der Waals surface area contributed by atoms with E-state index in [0.29, 0.717) is 5.75 Å². The topological polar surface area (TPSA) is 49.7 Å². The normalized spacial score (nSPS) is 16.6. The Kier molecular flexibility index (Phi) is 4.33. The van der Waals surface area contributed by atoms with Gasteiger partial charge in [0.15, 0.2) is 0 Å². The zero-order valence-corrected chi connectivity index (χ0v) is 10.3. The molecule has 16 heavy (non-hydrogen) atoms. The summed E-state index contributed by atoms with van der Waals surface area (Å²) >= 11 is 0. The summed E-state index contributed by atoms with van der Waals surface area (Å²) < 4.78 is 5.64. The van der Waals surface area contributed by atoms with Gasteiger partial charge < -0.3 is 14.9 Å². The van der Waals surface area contributed by atoms with Crippen molar-refractivity contribution in [1.29, 1.82) is 0 Å². The van der Waals surface area contributed by atoms with Gasteiger partial charge in [0, 0.05) is 5.56 Å². The highest BCUT2D eigenvalue weighted by atomic mass is 16.5. The second kappa shape index (κ2) is 5.32. The van der Waals surface area contributed by atoms with Gasteiger partial charge in [-0.2, -0.15) is 0 Å². The number of hydrogen-bond acceptors (Lipinski definition) is 3. The van der Waals surface area contributed by atoms with Crippen molar-refractivity contribution >= 4 is 0 Å². The zero-order valence-electron chi connectivity index (χ0n) is 10.3. The van der Waals surface area contributed by atoms with E-state index in [1.54, 1.807) is 20.8 Å². The second-order valence-electron chi connectivity index (χ2n) is 4.28. The Morgan fingerprint density at radius 3 is 2.25 bits per heavy atom. The van der Waals surface area contributed by atoms with E-state index in [2.05, 4.69) is 0 Å². The molecule has 0 aliphatic heterocycles. The van der Waals surface area contributed by atoms with E-state index in [1.807, 2.05) is 25.1 Å². The summed E-state index contributed by atoms with van der Waals surface area (Å²) in [6, 6.07) is 5.66. The minimum atomic E-state index is -0.572. The number of benzene rings is 1. The molecular weight excluding hydrogens is 204 g/mol. The van der Waals surface area contributed by atoms with Crippen molar-refractivity contribution in [1.82, 2.24) is 0 Å². The molecule has 0 spiro atoms. The number of hydrogen-bond donors (Lipinski definition) is 2. The van der Waals surface area contributed by atoms with Crippen LogP contribution < -0.4 is 4.74 Å². The van der Waals surface area contributed by atoms with Crippen molar-refractivity contribution in [3.05, 3.63) is 29.3 Å². The van der Waals surface area contributed by atoms with Crippen LogP contribution in [0.3, 0.4) is 0 Å². The van der Waals surface area contributed by atoms with Crippen molar-refractivity contribution in [2.45, 2.75) is 46.0 Å². The summed E-state index contributed by atoms with van der Waals surface area (Å²) in [6.45, 7) is 7.15. The molecule has 0 aromatic heterocycles. The fourth-order valence-electron chi connectivity index (χ4n) is 1.39. The van der Waals surface area contributed by atoms with Crippen LogP contribution in [0.25, 0.3) is 0 Å². The molecule has 1 rings (SSSR count). The third-order valence-corrected chi connectivity index (χ3v) is 2.61. The molecular formula is C13H20O3. The summed E-state index contributed by atoms with van der Waals surface area (Å²) in [5.41, 5.74) is 1.82. The first-order valence-electron chi connectivity index (χ1n) is 5.55. The number of ether oxygens (including phenoxy) is 1. The summed E-state index contributed by atoms with van der Waals surface area (Å²) in [7, 11) is 0. The molecule has 0 aliphatic carbocycles. The third kappa shape index (κ3) is 3.22. The fourth-order valence-corrected chi connectivity index (χ4v) is 1.39. The highest BCUT2D eigenvalue weighted by Crippen LogP contribution is 2.27. The summed E-state index contributed by atoms with van der Waals surface area (Å²) in [4.78, 5) is 0. The maximum absolute atomic E-state index is 9.60. The maximum atomic E-state index is 9.60. The maximum Gasteiger partial charge on any atom is 0.125 e. The number of rotatable bonds is 4. The highest BCUT2D eigenvalue weighted by molar-refractivity contribution is 5.38. The van der Waals surface area contributed by atoms with Gasteiger partial charge >= 0.3 is 0 Å². The van der Waals surface area contributed by atoms with E-state index in [-0.39, 0.29) is 6.10 Å². The van der Waals surface area contributed by atoms with Crippen LogP contribution in [-0.4, -0.2) is 22.4 Å². The van der Waals surface area contributed by atoms with Crippen molar-refractivity contribution < 1.29 is 14.9 Å². The van der Waals surface area contributed by atoms with E-state index in [0.717, 1.165) is 11.1 Å². The Labute approximate surface area is 96.7 Å². The van der Waals surface area contributed by atoms with Gasteiger partial charge in [-0.1, -0.05) is 12.1 Å². The molecule has 0 heterocycles. The van der Waals surface area contributed by atoms with Crippen LogP contribution in [-0.2, 0) is 0 Å². The molecule has 2 N–H and O–H groups in total. The average Bonchev–Trinajstić information content (AvgIpc) is 2.16. The molecule has 90 valence electrons. The zero-order chi connectivity index (χ0) is 12.3. The lowest BCUT2D eigenvalue weighted by Crippen LogP contribution is -2.26. The molecule has 0 bridgehead atoms. The Hall–Kier alpha value is -1.06. The predicted molar refractivity (Wildman–Crippen MR) is 63.6 cm³/mol. The third-order valence-electron chi connectivity index (χ3n) is 2.61. The summed E-state index contributed by atoms with van der Waals surface area (Å²) in [5, 5.41) is 19.0. The second-order valence-corrected chi connectivity index (χ2v) is 4.28. The Bertz CT molecular complexity index is 345. The lowest BCUT2D eigenvalue weighted by molar-refractivity contribution is 0.0577. The molecule has 0 saturated heterocycles. The Morgan fingerprint density at radius 2 is 1.75 bits per heavy atom. The van der Waals surface area contributed by atoms with Crippen LogP contribution in [0.4, 0.5) is 0 Å².